The van der Waals surface area contributed by atoms with E-state index in [1.807, 2.05) is 6.07 Å². The molecule has 0 saturated carbocycles. The van der Waals surface area contributed by atoms with E-state index in [1.165, 1.54) is 0 Å². The molecule has 2 aromatic rings. The normalized spacial score (nSPS) is 20.8. The van der Waals surface area contributed by atoms with Crippen molar-refractivity contribution in [3.63, 3.8) is 0 Å². The van der Waals surface area contributed by atoms with E-state index in [4.69, 9.17) is 15.2 Å². The summed E-state index contributed by atoms with van der Waals surface area (Å²) < 4.78 is 48.3. The molecular formula is C16H17F3N4O2. The molecule has 0 bridgehead atoms. The maximum Gasteiger partial charge on any atom is 0.451 e. The lowest BCUT2D eigenvalue weighted by Crippen LogP contribution is -2.34. The Labute approximate surface area is 142 Å². The number of nitrogens with two attached hydrogens (primary N) is 1. The Morgan fingerprint density at radius 2 is 1.88 bits per heavy atom. The first-order chi connectivity index (χ1) is 11.9. The van der Waals surface area contributed by atoms with Crippen LogP contribution in [0.5, 0.6) is 11.5 Å². The van der Waals surface area contributed by atoms with Crippen LogP contribution in [0.15, 0.2) is 36.7 Å². The maximum absolute atomic E-state index is 12.5. The molecule has 2 atom stereocenters. The first-order valence-corrected chi connectivity index (χ1v) is 7.57. The minimum absolute atomic E-state index is 0.0483. The van der Waals surface area contributed by atoms with Gasteiger partial charge < -0.3 is 20.1 Å². The van der Waals surface area contributed by atoms with E-state index in [0.717, 1.165) is 18.1 Å². The Bertz CT molecular complexity index is 724. The van der Waals surface area contributed by atoms with Gasteiger partial charge in [0, 0.05) is 32.0 Å². The first kappa shape index (κ1) is 17.4. The van der Waals surface area contributed by atoms with Gasteiger partial charge in [-0.3, -0.25) is 0 Å². The molecule has 0 spiro atoms. The topological polar surface area (TPSA) is 73.5 Å². The van der Waals surface area contributed by atoms with E-state index in [1.54, 1.807) is 25.3 Å². The number of benzene rings is 1. The van der Waals surface area contributed by atoms with Crippen molar-refractivity contribution in [1.82, 2.24) is 9.97 Å². The molecule has 0 amide bonds. The van der Waals surface area contributed by atoms with Gasteiger partial charge in [0.25, 0.3) is 0 Å². The fourth-order valence-electron chi connectivity index (χ4n) is 2.65. The largest absolute Gasteiger partial charge is 0.454 e. The lowest BCUT2D eigenvalue weighted by atomic mass is 10.2. The second-order valence-corrected chi connectivity index (χ2v) is 5.68. The van der Waals surface area contributed by atoms with Gasteiger partial charge in [0.05, 0.1) is 24.5 Å². The summed E-state index contributed by atoms with van der Waals surface area (Å²) in [7, 11) is 1.62. The highest BCUT2D eigenvalue weighted by Gasteiger charge is 2.34. The standard InChI is InChI=1S/C16H17F3N4O2/c1-24-14-9-23(8-13(14)20)10-3-2-4-11(5-10)25-12-6-21-15(22-7-12)16(17,18)19/h2-7,13-14H,8-9,20H2,1H3/t13-,14+/m1/s1. The average Bonchev–Trinajstić information content (AvgIpc) is 2.96. The Kier molecular flexibility index (Phi) is 4.78. The lowest BCUT2D eigenvalue weighted by Gasteiger charge is -2.19. The van der Waals surface area contributed by atoms with Gasteiger partial charge in [-0.2, -0.15) is 13.2 Å². The highest BCUT2D eigenvalue weighted by Crippen LogP contribution is 2.29. The maximum atomic E-state index is 12.5. The summed E-state index contributed by atoms with van der Waals surface area (Å²) in [6, 6.07) is 7.09. The van der Waals surface area contributed by atoms with Crippen LogP contribution in [-0.2, 0) is 10.9 Å². The molecule has 1 aromatic heterocycles. The molecule has 0 unspecified atom stereocenters. The van der Waals surface area contributed by atoms with E-state index in [-0.39, 0.29) is 17.9 Å². The van der Waals surface area contributed by atoms with Crippen molar-refractivity contribution in [3.05, 3.63) is 42.5 Å². The fourth-order valence-corrected chi connectivity index (χ4v) is 2.65. The Balaban J connectivity index is 1.72. The average molecular weight is 354 g/mol. The number of ether oxygens (including phenoxy) is 2. The van der Waals surface area contributed by atoms with Crippen molar-refractivity contribution >= 4 is 5.69 Å². The molecule has 0 radical (unpaired) electrons. The number of hydrogen-bond acceptors (Lipinski definition) is 6. The third-order valence-electron chi connectivity index (χ3n) is 3.91. The summed E-state index contributed by atoms with van der Waals surface area (Å²) in [6.45, 7) is 1.30. The number of hydrogen-bond donors (Lipinski definition) is 1. The van der Waals surface area contributed by atoms with Gasteiger partial charge in [-0.05, 0) is 12.1 Å². The summed E-state index contributed by atoms with van der Waals surface area (Å²) in [6.07, 6.45) is -2.64. The number of nitrogens with zero attached hydrogens (tertiary/aromatic N) is 3. The SMILES string of the molecule is CO[C@H]1CN(c2cccc(Oc3cnc(C(F)(F)F)nc3)c2)C[C@H]1N. The first-order valence-electron chi connectivity index (χ1n) is 7.57. The summed E-state index contributed by atoms with van der Waals surface area (Å²) >= 11 is 0. The molecule has 6 nitrogen and oxygen atoms in total. The third-order valence-corrected chi connectivity index (χ3v) is 3.91. The van der Waals surface area contributed by atoms with E-state index in [0.29, 0.717) is 18.8 Å². The zero-order chi connectivity index (χ0) is 18.0. The summed E-state index contributed by atoms with van der Waals surface area (Å²) in [5.74, 6) is -0.612. The second kappa shape index (κ2) is 6.85. The van der Waals surface area contributed by atoms with Crippen LogP contribution >= 0.6 is 0 Å². The summed E-state index contributed by atoms with van der Waals surface area (Å²) in [5.41, 5.74) is 6.91. The predicted molar refractivity (Wildman–Crippen MR) is 84.5 cm³/mol. The molecule has 1 aromatic carbocycles. The molecule has 25 heavy (non-hydrogen) atoms. The number of methoxy groups -OCH3 is 1. The molecule has 9 heteroatoms. The van der Waals surface area contributed by atoms with Crippen LogP contribution in [0.1, 0.15) is 5.82 Å². The van der Waals surface area contributed by atoms with Crippen molar-refractivity contribution in [2.45, 2.75) is 18.3 Å². The van der Waals surface area contributed by atoms with Crippen LogP contribution in [0.4, 0.5) is 18.9 Å². The molecule has 2 N–H and O–H groups in total. The highest BCUT2D eigenvalue weighted by atomic mass is 19.4. The smallest absolute Gasteiger partial charge is 0.451 e. The summed E-state index contributed by atoms with van der Waals surface area (Å²) in [5, 5.41) is 0. The van der Waals surface area contributed by atoms with E-state index >= 15 is 0 Å². The van der Waals surface area contributed by atoms with Crippen LogP contribution in [0, 0.1) is 0 Å². The van der Waals surface area contributed by atoms with Gasteiger partial charge in [0.1, 0.15) is 5.75 Å². The van der Waals surface area contributed by atoms with Crippen molar-refractivity contribution in [2.75, 3.05) is 25.1 Å². The molecule has 1 aliphatic rings. The Hall–Kier alpha value is -2.39. The fraction of sp³-hybridized carbons (Fsp3) is 0.375. The number of halogens is 3. The molecule has 2 heterocycles. The van der Waals surface area contributed by atoms with Crippen LogP contribution in [-0.4, -0.2) is 42.3 Å². The highest BCUT2D eigenvalue weighted by molar-refractivity contribution is 5.52. The number of aromatic nitrogens is 2. The van der Waals surface area contributed by atoms with Crippen LogP contribution in [0.2, 0.25) is 0 Å². The van der Waals surface area contributed by atoms with Gasteiger partial charge in [-0.15, -0.1) is 0 Å². The minimum atomic E-state index is -4.58. The number of rotatable bonds is 4. The second-order valence-electron chi connectivity index (χ2n) is 5.68. The van der Waals surface area contributed by atoms with Gasteiger partial charge in [-0.1, -0.05) is 6.07 Å². The van der Waals surface area contributed by atoms with E-state index < -0.39 is 12.0 Å². The van der Waals surface area contributed by atoms with E-state index in [9.17, 15) is 13.2 Å². The summed E-state index contributed by atoms with van der Waals surface area (Å²) in [4.78, 5) is 8.61. The van der Waals surface area contributed by atoms with Crippen molar-refractivity contribution in [3.8, 4) is 11.5 Å². The molecule has 0 aliphatic carbocycles. The Morgan fingerprint density at radius 1 is 1.16 bits per heavy atom. The van der Waals surface area contributed by atoms with Crippen LogP contribution in [0.3, 0.4) is 0 Å². The predicted octanol–water partition coefficient (Wildman–Crippen LogP) is 2.45. The Morgan fingerprint density at radius 3 is 2.48 bits per heavy atom. The zero-order valence-corrected chi connectivity index (χ0v) is 13.4. The van der Waals surface area contributed by atoms with Crippen molar-refractivity contribution < 1.29 is 22.6 Å². The molecule has 134 valence electrons. The quantitative estimate of drug-likeness (QED) is 0.909. The van der Waals surface area contributed by atoms with Crippen LogP contribution in [0.25, 0.3) is 0 Å². The molecule has 1 aliphatic heterocycles. The van der Waals surface area contributed by atoms with Gasteiger partial charge in [-0.25, -0.2) is 9.97 Å². The number of alkyl halides is 3. The third kappa shape index (κ3) is 3.99. The zero-order valence-electron chi connectivity index (χ0n) is 13.4. The van der Waals surface area contributed by atoms with E-state index in [2.05, 4.69) is 14.9 Å². The van der Waals surface area contributed by atoms with Crippen molar-refractivity contribution in [2.24, 2.45) is 5.73 Å². The molecular weight excluding hydrogens is 337 g/mol. The van der Waals surface area contributed by atoms with Crippen molar-refractivity contribution in [1.29, 1.82) is 0 Å². The molecule has 1 fully saturated rings. The van der Waals surface area contributed by atoms with Gasteiger partial charge >= 0.3 is 6.18 Å². The monoisotopic (exact) mass is 354 g/mol. The van der Waals surface area contributed by atoms with Gasteiger partial charge in [0.15, 0.2) is 5.75 Å². The number of anilines is 1. The van der Waals surface area contributed by atoms with Gasteiger partial charge in [0.2, 0.25) is 5.82 Å². The molecule has 1 saturated heterocycles. The minimum Gasteiger partial charge on any atom is -0.454 e. The molecule has 3 rings (SSSR count). The van der Waals surface area contributed by atoms with Crippen LogP contribution < -0.4 is 15.4 Å². The lowest BCUT2D eigenvalue weighted by molar-refractivity contribution is -0.145.